The molecular weight excluding hydrogens is 224 g/mol. The maximum absolute atomic E-state index is 5.26. The van der Waals surface area contributed by atoms with Gasteiger partial charge in [-0.05, 0) is 37.2 Å². The average molecular weight is 246 g/mol. The van der Waals surface area contributed by atoms with Gasteiger partial charge < -0.3 is 10.6 Å². The number of rotatable bonds is 5. The zero-order valence-corrected chi connectivity index (χ0v) is 11.3. The Morgan fingerprint density at radius 3 is 2.87 bits per heavy atom. The van der Waals surface area contributed by atoms with E-state index in [4.69, 9.17) is 12.2 Å². The Hall–Kier alpha value is 0.0400. The van der Waals surface area contributed by atoms with Gasteiger partial charge in [0, 0.05) is 17.8 Å². The van der Waals surface area contributed by atoms with Gasteiger partial charge in [-0.3, -0.25) is 0 Å². The standard InChI is InChI=1S/C11H22N2S2/c1-3-8-12-11(14)13-9-6-5-7-10(9)15-4-2/h9-10H,3-8H2,1-2H3,(H2,12,13,14). The van der Waals surface area contributed by atoms with Crippen molar-refractivity contribution in [3.8, 4) is 0 Å². The minimum Gasteiger partial charge on any atom is -0.363 e. The smallest absolute Gasteiger partial charge is 0.166 e. The first kappa shape index (κ1) is 13.1. The van der Waals surface area contributed by atoms with Gasteiger partial charge in [0.15, 0.2) is 5.11 Å². The van der Waals surface area contributed by atoms with Crippen LogP contribution in [-0.2, 0) is 0 Å². The second-order valence-corrected chi connectivity index (χ2v) is 5.86. The highest BCUT2D eigenvalue weighted by Gasteiger charge is 2.27. The van der Waals surface area contributed by atoms with Crippen LogP contribution in [0, 0.1) is 0 Å². The monoisotopic (exact) mass is 246 g/mol. The van der Waals surface area contributed by atoms with Crippen molar-refractivity contribution in [2.24, 2.45) is 0 Å². The van der Waals surface area contributed by atoms with Crippen molar-refractivity contribution in [3.63, 3.8) is 0 Å². The van der Waals surface area contributed by atoms with E-state index in [2.05, 4.69) is 36.2 Å². The van der Waals surface area contributed by atoms with Gasteiger partial charge in [0.25, 0.3) is 0 Å². The van der Waals surface area contributed by atoms with Gasteiger partial charge in [-0.25, -0.2) is 0 Å². The second-order valence-electron chi connectivity index (χ2n) is 3.93. The molecule has 0 aliphatic heterocycles. The Bertz CT molecular complexity index is 197. The molecule has 88 valence electrons. The second kappa shape index (κ2) is 7.34. The number of thioether (sulfide) groups is 1. The highest BCUT2D eigenvalue weighted by molar-refractivity contribution is 7.99. The van der Waals surface area contributed by atoms with E-state index >= 15 is 0 Å². The van der Waals surface area contributed by atoms with Crippen molar-refractivity contribution < 1.29 is 0 Å². The topological polar surface area (TPSA) is 24.1 Å². The summed E-state index contributed by atoms with van der Waals surface area (Å²) in [6, 6.07) is 0.590. The Morgan fingerprint density at radius 1 is 1.40 bits per heavy atom. The van der Waals surface area contributed by atoms with Crippen LogP contribution in [0.1, 0.15) is 39.5 Å². The first-order chi connectivity index (χ1) is 7.27. The van der Waals surface area contributed by atoms with E-state index in [1.165, 1.54) is 25.0 Å². The van der Waals surface area contributed by atoms with Crippen LogP contribution in [0.25, 0.3) is 0 Å². The molecule has 1 fully saturated rings. The van der Waals surface area contributed by atoms with Crippen molar-refractivity contribution in [1.82, 2.24) is 10.6 Å². The molecule has 0 amide bonds. The molecule has 4 heteroatoms. The highest BCUT2D eigenvalue weighted by Crippen LogP contribution is 2.29. The molecule has 0 aromatic rings. The number of nitrogens with one attached hydrogen (secondary N) is 2. The van der Waals surface area contributed by atoms with Crippen molar-refractivity contribution in [1.29, 1.82) is 0 Å². The first-order valence-corrected chi connectivity index (χ1v) is 7.39. The lowest BCUT2D eigenvalue weighted by Crippen LogP contribution is -2.44. The van der Waals surface area contributed by atoms with E-state index in [1.54, 1.807) is 0 Å². The number of hydrogen-bond acceptors (Lipinski definition) is 2. The van der Waals surface area contributed by atoms with Crippen LogP contribution in [0.15, 0.2) is 0 Å². The lowest BCUT2D eigenvalue weighted by Gasteiger charge is -2.22. The molecule has 1 rings (SSSR count). The quantitative estimate of drug-likeness (QED) is 0.728. The average Bonchev–Trinajstić information content (AvgIpc) is 2.63. The lowest BCUT2D eigenvalue weighted by molar-refractivity contribution is 0.630. The van der Waals surface area contributed by atoms with E-state index in [0.717, 1.165) is 23.3 Å². The fourth-order valence-electron chi connectivity index (χ4n) is 1.96. The van der Waals surface area contributed by atoms with Crippen LogP contribution in [0.3, 0.4) is 0 Å². The predicted molar refractivity (Wildman–Crippen MR) is 73.6 cm³/mol. The lowest BCUT2D eigenvalue weighted by atomic mass is 10.2. The molecule has 1 aliphatic carbocycles. The molecule has 0 radical (unpaired) electrons. The molecule has 2 unspecified atom stereocenters. The SMILES string of the molecule is CCCNC(=S)NC1CCCC1SCC. The van der Waals surface area contributed by atoms with Gasteiger partial charge >= 0.3 is 0 Å². The summed E-state index contributed by atoms with van der Waals surface area (Å²) >= 11 is 7.32. The van der Waals surface area contributed by atoms with Crippen LogP contribution < -0.4 is 10.6 Å². The Morgan fingerprint density at radius 2 is 2.20 bits per heavy atom. The van der Waals surface area contributed by atoms with Gasteiger partial charge in [0.05, 0.1) is 0 Å². The molecule has 0 spiro atoms. The van der Waals surface area contributed by atoms with Gasteiger partial charge in [-0.15, -0.1) is 0 Å². The fourth-order valence-corrected chi connectivity index (χ4v) is 3.41. The van der Waals surface area contributed by atoms with E-state index in [9.17, 15) is 0 Å². The highest BCUT2D eigenvalue weighted by atomic mass is 32.2. The van der Waals surface area contributed by atoms with Crippen molar-refractivity contribution in [2.45, 2.75) is 50.8 Å². The van der Waals surface area contributed by atoms with Crippen LogP contribution >= 0.6 is 24.0 Å². The summed E-state index contributed by atoms with van der Waals surface area (Å²) in [5, 5.41) is 8.28. The zero-order chi connectivity index (χ0) is 11.1. The molecule has 1 saturated carbocycles. The molecule has 0 aromatic heterocycles. The molecule has 1 aliphatic rings. The molecular formula is C11H22N2S2. The van der Waals surface area contributed by atoms with Gasteiger partial charge in [0.2, 0.25) is 0 Å². The van der Waals surface area contributed by atoms with Crippen molar-refractivity contribution in [2.75, 3.05) is 12.3 Å². The van der Waals surface area contributed by atoms with E-state index in [-0.39, 0.29) is 0 Å². The maximum atomic E-state index is 5.26. The normalized spacial score (nSPS) is 25.2. The van der Waals surface area contributed by atoms with E-state index < -0.39 is 0 Å². The third-order valence-electron chi connectivity index (χ3n) is 2.69. The Kier molecular flexibility index (Phi) is 6.41. The molecule has 0 aromatic carbocycles. The molecule has 0 heterocycles. The molecule has 0 bridgehead atoms. The van der Waals surface area contributed by atoms with Crippen LogP contribution in [-0.4, -0.2) is 28.7 Å². The van der Waals surface area contributed by atoms with E-state index in [1.807, 2.05) is 0 Å². The summed E-state index contributed by atoms with van der Waals surface area (Å²) < 4.78 is 0. The van der Waals surface area contributed by atoms with Crippen molar-refractivity contribution >= 4 is 29.1 Å². The Labute approximate surface area is 103 Å². The molecule has 2 N–H and O–H groups in total. The third kappa shape index (κ3) is 4.60. The van der Waals surface area contributed by atoms with Crippen LogP contribution in [0.4, 0.5) is 0 Å². The van der Waals surface area contributed by atoms with Gasteiger partial charge in [0.1, 0.15) is 0 Å². The number of thiocarbonyl (C=S) groups is 1. The maximum Gasteiger partial charge on any atom is 0.166 e. The Balaban J connectivity index is 2.26. The van der Waals surface area contributed by atoms with E-state index in [0.29, 0.717) is 6.04 Å². The molecule has 2 nitrogen and oxygen atoms in total. The zero-order valence-electron chi connectivity index (χ0n) is 9.71. The molecule has 15 heavy (non-hydrogen) atoms. The summed E-state index contributed by atoms with van der Waals surface area (Å²) in [5.74, 6) is 1.21. The van der Waals surface area contributed by atoms with Gasteiger partial charge in [-0.2, -0.15) is 11.8 Å². The van der Waals surface area contributed by atoms with Crippen LogP contribution in [0.2, 0.25) is 0 Å². The largest absolute Gasteiger partial charge is 0.363 e. The summed E-state index contributed by atoms with van der Waals surface area (Å²) in [7, 11) is 0. The molecule has 2 atom stereocenters. The third-order valence-corrected chi connectivity index (χ3v) is 4.27. The van der Waals surface area contributed by atoms with Gasteiger partial charge in [-0.1, -0.05) is 20.3 Å². The number of hydrogen-bond donors (Lipinski definition) is 2. The summed E-state index contributed by atoms with van der Waals surface area (Å²) in [5.41, 5.74) is 0. The minimum atomic E-state index is 0.590. The molecule has 0 saturated heterocycles. The minimum absolute atomic E-state index is 0.590. The predicted octanol–water partition coefficient (Wildman–Crippen LogP) is 2.53. The fraction of sp³-hybridized carbons (Fsp3) is 0.909. The van der Waals surface area contributed by atoms with Crippen molar-refractivity contribution in [3.05, 3.63) is 0 Å². The summed E-state index contributed by atoms with van der Waals surface area (Å²) in [6.07, 6.45) is 5.07. The first-order valence-electron chi connectivity index (χ1n) is 5.93. The summed E-state index contributed by atoms with van der Waals surface area (Å²) in [6.45, 7) is 5.36. The summed E-state index contributed by atoms with van der Waals surface area (Å²) in [4.78, 5) is 0. The van der Waals surface area contributed by atoms with Crippen LogP contribution in [0.5, 0.6) is 0 Å².